The van der Waals surface area contributed by atoms with Gasteiger partial charge in [0.1, 0.15) is 11.5 Å². The fourth-order valence-corrected chi connectivity index (χ4v) is 3.66. The summed E-state index contributed by atoms with van der Waals surface area (Å²) in [6.07, 6.45) is 3.41. The molecule has 0 bridgehead atoms. The second-order valence-corrected chi connectivity index (χ2v) is 7.45. The number of fused-ring (bicyclic) bond motifs is 1. The summed E-state index contributed by atoms with van der Waals surface area (Å²) in [4.78, 5) is 40.8. The number of rotatable bonds is 6. The van der Waals surface area contributed by atoms with E-state index < -0.39 is 0 Å². The summed E-state index contributed by atoms with van der Waals surface area (Å²) in [5.41, 5.74) is 3.60. The van der Waals surface area contributed by atoms with Gasteiger partial charge in [0.2, 0.25) is 0 Å². The number of aryl methyl sites for hydroxylation is 1. The molecule has 162 valence electrons. The Morgan fingerprint density at radius 2 is 1.61 bits per heavy atom. The molecule has 4 aromatic rings. The normalized spacial score (nSPS) is 13.4. The zero-order valence-electron chi connectivity index (χ0n) is 17.8. The number of carbonyl (C=O) groups is 2. The summed E-state index contributed by atoms with van der Waals surface area (Å²) in [6.45, 7) is 0.0607. The zero-order chi connectivity index (χ0) is 22.8. The van der Waals surface area contributed by atoms with Crippen LogP contribution in [0.3, 0.4) is 0 Å². The van der Waals surface area contributed by atoms with Gasteiger partial charge in [-0.3, -0.25) is 9.59 Å². The van der Waals surface area contributed by atoms with Crippen molar-refractivity contribution in [3.8, 4) is 0 Å². The number of nitrogens with zero attached hydrogens (tertiary/aromatic N) is 5. The van der Waals surface area contributed by atoms with E-state index in [4.69, 9.17) is 4.84 Å². The molecule has 8 heteroatoms. The molecule has 2 aromatic heterocycles. The van der Waals surface area contributed by atoms with Crippen LogP contribution in [0.15, 0.2) is 90.5 Å². The van der Waals surface area contributed by atoms with Crippen LogP contribution in [0.2, 0.25) is 0 Å². The number of oxime groups is 1. The van der Waals surface area contributed by atoms with Gasteiger partial charge in [0.25, 0.3) is 11.8 Å². The van der Waals surface area contributed by atoms with Gasteiger partial charge >= 0.3 is 0 Å². The lowest BCUT2D eigenvalue weighted by Crippen LogP contribution is -2.30. The first-order valence-corrected chi connectivity index (χ1v) is 10.3. The van der Waals surface area contributed by atoms with E-state index in [1.54, 1.807) is 55.0 Å². The number of hydrogen-bond donors (Lipinski definition) is 0. The smallest absolute Gasteiger partial charge is 0.267 e. The molecule has 0 N–H and O–H groups in total. The first-order valence-electron chi connectivity index (χ1n) is 10.3. The standard InChI is InChI=1S/C25H19N5O3/c1-29-16-26-14-21(29)23(17-8-3-2-4-9-17)28-33-15-18-10-7-13-22(27-18)30-24(31)19-11-5-6-12-20(19)25(30)32/h2-14,16H,15H2,1H3. The van der Waals surface area contributed by atoms with Gasteiger partial charge in [0.15, 0.2) is 6.61 Å². The minimum absolute atomic E-state index is 0.0607. The monoisotopic (exact) mass is 437 g/mol. The highest BCUT2D eigenvalue weighted by molar-refractivity contribution is 6.34. The van der Waals surface area contributed by atoms with Gasteiger partial charge in [-0.25, -0.2) is 14.9 Å². The van der Waals surface area contributed by atoms with E-state index in [0.29, 0.717) is 22.5 Å². The molecule has 5 rings (SSSR count). The number of pyridine rings is 1. The Bertz CT molecular complexity index is 1340. The molecule has 1 aliphatic rings. The van der Waals surface area contributed by atoms with Crippen molar-refractivity contribution in [2.75, 3.05) is 4.90 Å². The lowest BCUT2D eigenvalue weighted by atomic mass is 10.1. The minimum Gasteiger partial charge on any atom is -0.389 e. The molecule has 0 atom stereocenters. The highest BCUT2D eigenvalue weighted by Crippen LogP contribution is 2.27. The third kappa shape index (κ3) is 3.78. The first-order chi connectivity index (χ1) is 16.1. The number of carbonyl (C=O) groups excluding carboxylic acids is 2. The van der Waals surface area contributed by atoms with Gasteiger partial charge in [0.05, 0.1) is 35.0 Å². The topological polar surface area (TPSA) is 89.7 Å². The van der Waals surface area contributed by atoms with E-state index in [1.165, 1.54) is 0 Å². The van der Waals surface area contributed by atoms with Crippen molar-refractivity contribution < 1.29 is 14.4 Å². The van der Waals surface area contributed by atoms with E-state index in [1.807, 2.05) is 41.9 Å². The molecule has 33 heavy (non-hydrogen) atoms. The Labute approximate surface area is 189 Å². The molecule has 2 aromatic carbocycles. The predicted octanol–water partition coefficient (Wildman–Crippen LogP) is 3.58. The van der Waals surface area contributed by atoms with Gasteiger partial charge in [-0.05, 0) is 24.3 Å². The Balaban J connectivity index is 1.38. The number of hydrogen-bond acceptors (Lipinski definition) is 6. The molecule has 2 amide bonds. The largest absolute Gasteiger partial charge is 0.389 e. The van der Waals surface area contributed by atoms with E-state index in [0.717, 1.165) is 16.2 Å². The van der Waals surface area contributed by atoms with Crippen LogP contribution in [0, 0.1) is 0 Å². The maximum atomic E-state index is 12.7. The van der Waals surface area contributed by atoms with Crippen molar-refractivity contribution in [2.24, 2.45) is 12.2 Å². The van der Waals surface area contributed by atoms with Crippen LogP contribution in [0.5, 0.6) is 0 Å². The average molecular weight is 437 g/mol. The lowest BCUT2D eigenvalue weighted by molar-refractivity contribution is 0.0924. The third-order valence-electron chi connectivity index (χ3n) is 5.29. The van der Waals surface area contributed by atoms with Crippen LogP contribution in [0.25, 0.3) is 0 Å². The first kappa shape index (κ1) is 20.3. The molecule has 8 nitrogen and oxygen atoms in total. The number of benzene rings is 2. The number of amides is 2. The fraction of sp³-hybridized carbons (Fsp3) is 0.0800. The third-order valence-corrected chi connectivity index (χ3v) is 5.29. The van der Waals surface area contributed by atoms with E-state index in [9.17, 15) is 9.59 Å². The van der Waals surface area contributed by atoms with Crippen molar-refractivity contribution in [1.29, 1.82) is 0 Å². The van der Waals surface area contributed by atoms with Crippen LogP contribution in [-0.2, 0) is 18.5 Å². The highest BCUT2D eigenvalue weighted by atomic mass is 16.6. The zero-order valence-corrected chi connectivity index (χ0v) is 17.8. The molecule has 0 unspecified atom stereocenters. The Hall–Kier alpha value is -4.59. The molecule has 0 radical (unpaired) electrons. The van der Waals surface area contributed by atoms with Gasteiger partial charge in [-0.2, -0.15) is 0 Å². The highest BCUT2D eigenvalue weighted by Gasteiger charge is 2.37. The molecule has 0 aliphatic carbocycles. The van der Waals surface area contributed by atoms with Crippen LogP contribution < -0.4 is 4.90 Å². The van der Waals surface area contributed by atoms with Crippen molar-refractivity contribution in [3.05, 3.63) is 113 Å². The molecule has 1 aliphatic heterocycles. The summed E-state index contributed by atoms with van der Waals surface area (Å²) in [6, 6.07) is 21.5. The van der Waals surface area contributed by atoms with E-state index in [2.05, 4.69) is 15.1 Å². The summed E-state index contributed by atoms with van der Waals surface area (Å²) in [5, 5.41) is 4.35. The SMILES string of the molecule is Cn1cncc1C(=NOCc1cccc(N2C(=O)c3ccccc3C2=O)n1)c1ccccc1. The second-order valence-electron chi connectivity index (χ2n) is 7.45. The lowest BCUT2D eigenvalue weighted by Gasteiger charge is -2.13. The number of aromatic nitrogens is 3. The van der Waals surface area contributed by atoms with Crippen molar-refractivity contribution in [1.82, 2.24) is 14.5 Å². The van der Waals surface area contributed by atoms with Crippen LogP contribution >= 0.6 is 0 Å². The number of imide groups is 1. The van der Waals surface area contributed by atoms with E-state index in [-0.39, 0.29) is 24.2 Å². The van der Waals surface area contributed by atoms with Crippen molar-refractivity contribution >= 4 is 23.3 Å². The Kier molecular flexibility index (Phi) is 5.24. The van der Waals surface area contributed by atoms with Gasteiger partial charge in [0, 0.05) is 12.6 Å². The van der Waals surface area contributed by atoms with Gasteiger partial charge in [-0.15, -0.1) is 0 Å². The second kappa shape index (κ2) is 8.51. The molecule has 0 saturated heterocycles. The maximum Gasteiger partial charge on any atom is 0.267 e. The van der Waals surface area contributed by atoms with Crippen molar-refractivity contribution in [2.45, 2.75) is 6.61 Å². The molecule has 3 heterocycles. The number of anilines is 1. The number of imidazole rings is 1. The summed E-state index contributed by atoms with van der Waals surface area (Å²) in [5.74, 6) is -0.523. The predicted molar refractivity (Wildman–Crippen MR) is 122 cm³/mol. The molecule has 0 fully saturated rings. The summed E-state index contributed by atoms with van der Waals surface area (Å²) < 4.78 is 1.86. The van der Waals surface area contributed by atoms with Gasteiger partial charge in [-0.1, -0.05) is 53.7 Å². The van der Waals surface area contributed by atoms with Crippen molar-refractivity contribution in [3.63, 3.8) is 0 Å². The quantitative estimate of drug-likeness (QED) is 0.261. The van der Waals surface area contributed by atoms with Gasteiger partial charge < -0.3 is 9.40 Å². The van der Waals surface area contributed by atoms with E-state index >= 15 is 0 Å². The molecular formula is C25H19N5O3. The molecule has 0 spiro atoms. The Morgan fingerprint density at radius 3 is 2.27 bits per heavy atom. The fourth-order valence-electron chi connectivity index (χ4n) is 3.66. The average Bonchev–Trinajstić information content (AvgIpc) is 3.38. The van der Waals surface area contributed by atoms with Crippen LogP contribution in [-0.4, -0.2) is 32.1 Å². The van der Waals surface area contributed by atoms with Crippen LogP contribution in [0.4, 0.5) is 5.82 Å². The Morgan fingerprint density at radius 1 is 0.909 bits per heavy atom. The maximum absolute atomic E-state index is 12.7. The summed E-state index contributed by atoms with van der Waals surface area (Å²) >= 11 is 0. The minimum atomic E-state index is -0.387. The molecule has 0 saturated carbocycles. The molecular weight excluding hydrogens is 418 g/mol. The van der Waals surface area contributed by atoms with Crippen LogP contribution in [0.1, 0.15) is 37.7 Å². The summed E-state index contributed by atoms with van der Waals surface area (Å²) in [7, 11) is 1.88.